The van der Waals surface area contributed by atoms with Crippen LogP contribution in [0.1, 0.15) is 5.56 Å². The summed E-state index contributed by atoms with van der Waals surface area (Å²) < 4.78 is 9.00. The Morgan fingerprint density at radius 3 is 2.70 bits per heavy atom. The zero-order valence-electron chi connectivity index (χ0n) is 11.1. The molecule has 0 fully saturated rings. The van der Waals surface area contributed by atoms with E-state index in [1.807, 2.05) is 22.8 Å². The Bertz CT molecular complexity index is 851. The van der Waals surface area contributed by atoms with Crippen LogP contribution in [0.3, 0.4) is 0 Å². The van der Waals surface area contributed by atoms with Gasteiger partial charge in [-0.15, -0.1) is 0 Å². The van der Waals surface area contributed by atoms with Crippen molar-refractivity contribution in [2.45, 2.75) is 6.92 Å². The van der Waals surface area contributed by atoms with Gasteiger partial charge in [0.1, 0.15) is 5.75 Å². The highest BCUT2D eigenvalue weighted by Gasteiger charge is 2.08. The molecule has 5 heteroatoms. The Balaban J connectivity index is 2.27. The summed E-state index contributed by atoms with van der Waals surface area (Å²) in [6.07, 6.45) is 0. The zero-order chi connectivity index (χ0) is 14.3. The van der Waals surface area contributed by atoms with Crippen LogP contribution in [-0.4, -0.2) is 16.7 Å². The second kappa shape index (κ2) is 5.07. The number of hydrogen-bond donors (Lipinski definition) is 1. The van der Waals surface area contributed by atoms with Crippen molar-refractivity contribution in [1.82, 2.24) is 9.55 Å². The summed E-state index contributed by atoms with van der Waals surface area (Å²) >= 11 is 9.01. The van der Waals surface area contributed by atoms with Crippen molar-refractivity contribution in [1.29, 1.82) is 0 Å². The number of aromatic amines is 1. The number of aromatic nitrogens is 2. The van der Waals surface area contributed by atoms with Gasteiger partial charge in [0.2, 0.25) is 0 Å². The van der Waals surface area contributed by atoms with E-state index in [-0.39, 0.29) is 0 Å². The van der Waals surface area contributed by atoms with Crippen molar-refractivity contribution in [3.05, 3.63) is 51.2 Å². The van der Waals surface area contributed by atoms with Crippen LogP contribution in [0.15, 0.2) is 40.9 Å². The number of aryl methyl sites for hydroxylation is 1. The van der Waals surface area contributed by atoms with Crippen LogP contribution >= 0.6 is 28.1 Å². The number of nitrogens with zero attached hydrogens (tertiary/aromatic N) is 1. The SMILES string of the molecule is COc1ccc2c(c1)[nH]c(=S)n2-c1ccc(C)c(Br)c1. The van der Waals surface area contributed by atoms with Gasteiger partial charge in [0.15, 0.2) is 4.77 Å². The van der Waals surface area contributed by atoms with E-state index in [4.69, 9.17) is 17.0 Å². The smallest absolute Gasteiger partial charge is 0.182 e. The molecule has 1 aromatic heterocycles. The van der Waals surface area contributed by atoms with E-state index in [1.54, 1.807) is 7.11 Å². The van der Waals surface area contributed by atoms with Crippen molar-refractivity contribution >= 4 is 39.2 Å². The molecule has 0 bridgehead atoms. The molecular formula is C15H13BrN2OS. The van der Waals surface area contributed by atoms with E-state index in [2.05, 4.69) is 46.0 Å². The molecule has 0 aliphatic carbocycles. The second-order valence-electron chi connectivity index (χ2n) is 4.58. The molecule has 0 aliphatic rings. The van der Waals surface area contributed by atoms with Crippen LogP contribution in [-0.2, 0) is 0 Å². The summed E-state index contributed by atoms with van der Waals surface area (Å²) in [6.45, 7) is 2.06. The highest BCUT2D eigenvalue weighted by Crippen LogP contribution is 2.26. The van der Waals surface area contributed by atoms with Crippen LogP contribution in [0, 0.1) is 11.7 Å². The largest absolute Gasteiger partial charge is 0.497 e. The molecule has 0 saturated heterocycles. The van der Waals surface area contributed by atoms with Crippen molar-refractivity contribution in [2.75, 3.05) is 7.11 Å². The molecule has 3 aromatic rings. The predicted molar refractivity (Wildman–Crippen MR) is 87.4 cm³/mol. The maximum Gasteiger partial charge on any atom is 0.182 e. The molecule has 0 spiro atoms. The number of ether oxygens (including phenoxy) is 1. The van der Waals surface area contributed by atoms with Gasteiger partial charge in [-0.2, -0.15) is 0 Å². The van der Waals surface area contributed by atoms with Crippen LogP contribution in [0.4, 0.5) is 0 Å². The van der Waals surface area contributed by atoms with Gasteiger partial charge >= 0.3 is 0 Å². The predicted octanol–water partition coefficient (Wildman–Crippen LogP) is 4.77. The average Bonchev–Trinajstić information content (AvgIpc) is 2.76. The number of nitrogens with one attached hydrogen (secondary N) is 1. The molecule has 0 amide bonds. The number of H-pyrrole nitrogens is 1. The first kappa shape index (κ1) is 13.4. The van der Waals surface area contributed by atoms with Gasteiger partial charge in [0.05, 0.1) is 18.1 Å². The maximum atomic E-state index is 5.44. The fourth-order valence-corrected chi connectivity index (χ4v) is 2.88. The highest BCUT2D eigenvalue weighted by molar-refractivity contribution is 9.10. The third-order valence-corrected chi connectivity index (χ3v) is 4.44. The lowest BCUT2D eigenvalue weighted by molar-refractivity contribution is 0.415. The molecule has 20 heavy (non-hydrogen) atoms. The van der Waals surface area contributed by atoms with Gasteiger partial charge < -0.3 is 9.72 Å². The molecule has 0 atom stereocenters. The Kier molecular flexibility index (Phi) is 3.40. The first-order valence-corrected chi connectivity index (χ1v) is 7.35. The number of fused-ring (bicyclic) bond motifs is 1. The number of rotatable bonds is 2. The lowest BCUT2D eigenvalue weighted by Crippen LogP contribution is -1.94. The average molecular weight is 349 g/mol. The zero-order valence-corrected chi connectivity index (χ0v) is 13.5. The number of benzene rings is 2. The van der Waals surface area contributed by atoms with Gasteiger partial charge in [0, 0.05) is 16.2 Å². The molecule has 3 nitrogen and oxygen atoms in total. The Morgan fingerprint density at radius 1 is 1.20 bits per heavy atom. The van der Waals surface area contributed by atoms with Crippen molar-refractivity contribution in [3.8, 4) is 11.4 Å². The minimum atomic E-state index is 0.670. The first-order chi connectivity index (χ1) is 9.60. The molecule has 0 radical (unpaired) electrons. The van der Waals surface area contributed by atoms with Gasteiger partial charge in [-0.3, -0.25) is 4.57 Å². The van der Waals surface area contributed by atoms with Crippen LogP contribution in [0.5, 0.6) is 5.75 Å². The molecule has 1 heterocycles. The molecule has 1 N–H and O–H groups in total. The number of halogens is 1. The highest BCUT2D eigenvalue weighted by atomic mass is 79.9. The molecule has 0 unspecified atom stereocenters. The Labute approximate surface area is 130 Å². The molecule has 102 valence electrons. The third-order valence-electron chi connectivity index (χ3n) is 3.30. The maximum absolute atomic E-state index is 5.44. The summed E-state index contributed by atoms with van der Waals surface area (Å²) in [6, 6.07) is 12.1. The minimum absolute atomic E-state index is 0.670. The van der Waals surface area contributed by atoms with Crippen LogP contribution < -0.4 is 4.74 Å². The normalized spacial score (nSPS) is 10.9. The van der Waals surface area contributed by atoms with E-state index in [0.717, 1.165) is 26.9 Å². The van der Waals surface area contributed by atoms with E-state index < -0.39 is 0 Å². The standard InChI is InChI=1S/C15H13BrN2OS/c1-9-3-4-10(7-12(9)16)18-14-6-5-11(19-2)8-13(14)17-15(18)20/h3-8H,1-2H3,(H,17,20). The summed E-state index contributed by atoms with van der Waals surface area (Å²) in [5, 5.41) is 0. The van der Waals surface area contributed by atoms with E-state index >= 15 is 0 Å². The van der Waals surface area contributed by atoms with Crippen molar-refractivity contribution in [2.24, 2.45) is 0 Å². The van der Waals surface area contributed by atoms with Gasteiger partial charge in [-0.25, -0.2) is 0 Å². The van der Waals surface area contributed by atoms with Gasteiger partial charge in [-0.05, 0) is 49.0 Å². The number of methoxy groups -OCH3 is 1. The van der Waals surface area contributed by atoms with E-state index in [0.29, 0.717) is 4.77 Å². The second-order valence-corrected chi connectivity index (χ2v) is 5.82. The molecule has 0 saturated carbocycles. The van der Waals surface area contributed by atoms with Crippen LogP contribution in [0.2, 0.25) is 0 Å². The fraction of sp³-hybridized carbons (Fsp3) is 0.133. The molecular weight excluding hydrogens is 336 g/mol. The van der Waals surface area contributed by atoms with Crippen LogP contribution in [0.25, 0.3) is 16.7 Å². The number of hydrogen-bond acceptors (Lipinski definition) is 2. The molecule has 0 aliphatic heterocycles. The topological polar surface area (TPSA) is 29.9 Å². The summed E-state index contributed by atoms with van der Waals surface area (Å²) in [4.78, 5) is 3.22. The Hall–Kier alpha value is -1.59. The molecule has 3 rings (SSSR count). The lowest BCUT2D eigenvalue weighted by Gasteiger charge is -2.07. The van der Waals surface area contributed by atoms with Crippen molar-refractivity contribution in [3.63, 3.8) is 0 Å². The monoisotopic (exact) mass is 348 g/mol. The van der Waals surface area contributed by atoms with E-state index in [9.17, 15) is 0 Å². The van der Waals surface area contributed by atoms with E-state index in [1.165, 1.54) is 5.56 Å². The van der Waals surface area contributed by atoms with Gasteiger partial charge in [-0.1, -0.05) is 22.0 Å². The third kappa shape index (κ3) is 2.17. The summed E-state index contributed by atoms with van der Waals surface area (Å²) in [5.74, 6) is 0.811. The number of imidazole rings is 1. The summed E-state index contributed by atoms with van der Waals surface area (Å²) in [5.41, 5.74) is 4.23. The van der Waals surface area contributed by atoms with Gasteiger partial charge in [0.25, 0.3) is 0 Å². The van der Waals surface area contributed by atoms with Crippen molar-refractivity contribution < 1.29 is 4.74 Å². The fourth-order valence-electron chi connectivity index (χ4n) is 2.19. The summed E-state index contributed by atoms with van der Waals surface area (Å²) in [7, 11) is 1.66. The quantitative estimate of drug-likeness (QED) is 0.676. The first-order valence-electron chi connectivity index (χ1n) is 6.15. The lowest BCUT2D eigenvalue weighted by atomic mass is 10.2. The molecule has 2 aromatic carbocycles. The Morgan fingerprint density at radius 2 is 2.00 bits per heavy atom. The minimum Gasteiger partial charge on any atom is -0.497 e.